The molecule has 100 valence electrons. The van der Waals surface area contributed by atoms with Gasteiger partial charge in [-0.3, -0.25) is 9.59 Å². The Morgan fingerprint density at radius 1 is 1.35 bits per heavy atom. The summed E-state index contributed by atoms with van der Waals surface area (Å²) in [6.45, 7) is 5.39. The van der Waals surface area contributed by atoms with Crippen molar-refractivity contribution in [1.29, 1.82) is 0 Å². The average molecular weight is 280 g/mol. The lowest BCUT2D eigenvalue weighted by atomic mass is 10.0. The summed E-state index contributed by atoms with van der Waals surface area (Å²) in [4.78, 5) is 21.9. The molecule has 0 saturated heterocycles. The summed E-state index contributed by atoms with van der Waals surface area (Å²) in [6, 6.07) is 0. The number of thiocarbonyl (C=S) groups is 1. The highest BCUT2D eigenvalue weighted by atomic mass is 32.1. The van der Waals surface area contributed by atoms with Crippen molar-refractivity contribution in [2.75, 3.05) is 14.1 Å². The summed E-state index contributed by atoms with van der Waals surface area (Å²) in [5.41, 5.74) is 4.34. The predicted octanol–water partition coefficient (Wildman–Crippen LogP) is 1.46. The Morgan fingerprint density at radius 3 is 1.88 bits per heavy atom. The maximum absolute atomic E-state index is 11.1. The van der Waals surface area contributed by atoms with Gasteiger partial charge in [-0.15, -0.1) is 0 Å². The van der Waals surface area contributed by atoms with Gasteiger partial charge in [0, 0.05) is 14.1 Å². The topological polar surface area (TPSA) is 72.6 Å². The van der Waals surface area contributed by atoms with Crippen LogP contribution in [-0.2, 0) is 9.53 Å². The fourth-order valence-corrected chi connectivity index (χ4v) is 1.01. The van der Waals surface area contributed by atoms with Crippen molar-refractivity contribution in [3.63, 3.8) is 0 Å². The van der Waals surface area contributed by atoms with Gasteiger partial charge in [0.05, 0.1) is 0 Å². The van der Waals surface area contributed by atoms with E-state index in [1.54, 1.807) is 19.0 Å². The minimum absolute atomic E-state index is 0.0131. The van der Waals surface area contributed by atoms with Crippen LogP contribution in [0, 0.1) is 5.92 Å². The Hall–Kier alpha value is -0.820. The molecule has 0 aromatic carbocycles. The summed E-state index contributed by atoms with van der Waals surface area (Å²) < 4.78 is 5.34. The van der Waals surface area contributed by atoms with E-state index in [2.05, 4.69) is 18.4 Å². The average Bonchev–Trinajstić information content (AvgIpc) is 2.11. The highest BCUT2D eigenvalue weighted by molar-refractivity contribution is 7.96. The van der Waals surface area contributed by atoms with Crippen molar-refractivity contribution in [3.05, 3.63) is 0 Å². The van der Waals surface area contributed by atoms with Gasteiger partial charge in [-0.1, -0.05) is 26.5 Å². The van der Waals surface area contributed by atoms with E-state index in [-0.39, 0.29) is 11.7 Å². The third-order valence-electron chi connectivity index (χ3n) is 1.60. The molecule has 1 amide bonds. The quantitative estimate of drug-likeness (QED) is 0.605. The zero-order valence-corrected chi connectivity index (χ0v) is 12.5. The molecule has 7 heteroatoms. The van der Waals surface area contributed by atoms with Crippen molar-refractivity contribution in [1.82, 2.24) is 4.90 Å². The van der Waals surface area contributed by atoms with Gasteiger partial charge in [-0.2, -0.15) is 0 Å². The number of amides is 1. The van der Waals surface area contributed by atoms with Crippen LogP contribution in [0.25, 0.3) is 0 Å². The molecule has 1 unspecified atom stereocenters. The number of ketones is 1. The van der Waals surface area contributed by atoms with Gasteiger partial charge < -0.3 is 15.4 Å². The first kappa shape index (κ1) is 18.5. The molecule has 0 rings (SSSR count). The normalized spacial score (nSPS) is 11.0. The Kier molecular flexibility index (Phi) is 10.1. The molecule has 0 aliphatic heterocycles. The molecular formula is C10H20N2O3S2. The van der Waals surface area contributed by atoms with Crippen molar-refractivity contribution < 1.29 is 14.3 Å². The van der Waals surface area contributed by atoms with E-state index < -0.39 is 11.3 Å². The number of Topliss-reactive ketones (excluding diaryl/α,β-unsaturated/α-hetero) is 1. The van der Waals surface area contributed by atoms with E-state index in [1.807, 2.05) is 13.8 Å². The molecule has 0 fully saturated rings. The minimum Gasteiger partial charge on any atom is -0.459 e. The number of hydrogen-bond donors (Lipinski definition) is 2. The number of nitrogens with zero attached hydrogens (tertiary/aromatic N) is 1. The zero-order chi connectivity index (χ0) is 14.2. The van der Waals surface area contributed by atoms with Crippen LogP contribution >= 0.6 is 24.8 Å². The van der Waals surface area contributed by atoms with Crippen LogP contribution in [0.1, 0.15) is 20.8 Å². The third kappa shape index (κ3) is 11.4. The summed E-state index contributed by atoms with van der Waals surface area (Å²) in [6.07, 6.45) is -0.421. The van der Waals surface area contributed by atoms with Crippen molar-refractivity contribution in [2.45, 2.75) is 26.9 Å². The second-order valence-corrected chi connectivity index (χ2v) is 4.68. The molecule has 0 heterocycles. The van der Waals surface area contributed by atoms with Gasteiger partial charge in [0.1, 0.15) is 0 Å². The number of carbonyl (C=O) groups excluding carboxylic acids is 2. The number of nitrogens with two attached hydrogens (primary N) is 1. The van der Waals surface area contributed by atoms with Crippen LogP contribution in [0.2, 0.25) is 0 Å². The number of hydrogen-bond acceptors (Lipinski definition) is 4. The molecule has 0 spiro atoms. The summed E-state index contributed by atoms with van der Waals surface area (Å²) in [7, 11) is 3.58. The van der Waals surface area contributed by atoms with E-state index in [9.17, 15) is 4.79 Å². The van der Waals surface area contributed by atoms with Gasteiger partial charge in [0.15, 0.2) is 11.9 Å². The standard InChI is InChI=1S/C9H17NO2S.CH3NOS/c1-6(2)8(7(3)11)12-9(13)10(4)5;2-1(3)4/h6,8H,1-5H3;(H3,2,3,4). The molecule has 1 atom stereocenters. The van der Waals surface area contributed by atoms with E-state index in [1.165, 1.54) is 6.92 Å². The van der Waals surface area contributed by atoms with E-state index in [0.29, 0.717) is 5.17 Å². The van der Waals surface area contributed by atoms with E-state index >= 15 is 0 Å². The molecule has 2 N–H and O–H groups in total. The third-order valence-corrected chi connectivity index (χ3v) is 2.06. The number of ether oxygens (including phenoxy) is 1. The maximum atomic E-state index is 11.1. The molecule has 0 bridgehead atoms. The Bertz CT molecular complexity index is 277. The highest BCUT2D eigenvalue weighted by Crippen LogP contribution is 2.09. The second kappa shape index (κ2) is 9.23. The SMILES string of the molecule is CC(=O)C(OC(=S)N(C)C)C(C)C.NC(=O)S. The smallest absolute Gasteiger partial charge is 0.273 e. The van der Waals surface area contributed by atoms with Crippen LogP contribution in [0.15, 0.2) is 0 Å². The van der Waals surface area contributed by atoms with E-state index in [4.69, 9.17) is 21.7 Å². The summed E-state index contributed by atoms with van der Waals surface area (Å²) in [5, 5.41) is -0.283. The van der Waals surface area contributed by atoms with Crippen LogP contribution in [0.3, 0.4) is 0 Å². The van der Waals surface area contributed by atoms with Crippen molar-refractivity contribution in [2.24, 2.45) is 11.7 Å². The van der Waals surface area contributed by atoms with Gasteiger partial charge >= 0.3 is 0 Å². The largest absolute Gasteiger partial charge is 0.459 e. The minimum atomic E-state index is -0.639. The fraction of sp³-hybridized carbons (Fsp3) is 0.700. The molecule has 0 aromatic heterocycles. The zero-order valence-electron chi connectivity index (χ0n) is 10.8. The highest BCUT2D eigenvalue weighted by Gasteiger charge is 2.21. The first-order valence-corrected chi connectivity index (χ1v) is 5.81. The van der Waals surface area contributed by atoms with Crippen LogP contribution < -0.4 is 5.73 Å². The first-order chi connectivity index (χ1) is 7.59. The summed E-state index contributed by atoms with van der Waals surface area (Å²) in [5.74, 6) is 0.162. The molecule has 0 aliphatic rings. The molecule has 0 aliphatic carbocycles. The molecule has 0 saturated carbocycles. The van der Waals surface area contributed by atoms with Crippen molar-refractivity contribution >= 4 is 41.0 Å². The monoisotopic (exact) mass is 280 g/mol. The molecule has 0 radical (unpaired) electrons. The van der Waals surface area contributed by atoms with Gasteiger partial charge in [0.2, 0.25) is 0 Å². The molecule has 5 nitrogen and oxygen atoms in total. The number of thiol groups is 1. The van der Waals surface area contributed by atoms with Crippen molar-refractivity contribution in [3.8, 4) is 0 Å². The summed E-state index contributed by atoms with van der Waals surface area (Å²) >= 11 is 8.05. The Balaban J connectivity index is 0. The number of carbonyl (C=O) groups is 2. The predicted molar refractivity (Wildman–Crippen MR) is 75.2 cm³/mol. The lowest BCUT2D eigenvalue weighted by molar-refractivity contribution is -0.126. The Morgan fingerprint density at radius 2 is 1.71 bits per heavy atom. The lowest BCUT2D eigenvalue weighted by Crippen LogP contribution is -2.34. The lowest BCUT2D eigenvalue weighted by Gasteiger charge is -2.23. The number of primary amides is 1. The van der Waals surface area contributed by atoms with Gasteiger partial charge in [0.25, 0.3) is 10.4 Å². The second-order valence-electron chi connectivity index (χ2n) is 3.89. The van der Waals surface area contributed by atoms with Crippen LogP contribution in [-0.4, -0.2) is 41.3 Å². The number of rotatable bonds is 3. The van der Waals surface area contributed by atoms with E-state index in [0.717, 1.165) is 0 Å². The van der Waals surface area contributed by atoms with Gasteiger partial charge in [-0.25, -0.2) is 0 Å². The fourth-order valence-electron chi connectivity index (χ4n) is 0.903. The Labute approximate surface area is 113 Å². The molecular weight excluding hydrogens is 260 g/mol. The molecule has 17 heavy (non-hydrogen) atoms. The molecule has 0 aromatic rings. The van der Waals surface area contributed by atoms with Gasteiger partial charge in [-0.05, 0) is 25.1 Å². The first-order valence-electron chi connectivity index (χ1n) is 4.96. The van der Waals surface area contributed by atoms with Crippen LogP contribution in [0.5, 0.6) is 0 Å². The van der Waals surface area contributed by atoms with Crippen LogP contribution in [0.4, 0.5) is 4.79 Å². The maximum Gasteiger partial charge on any atom is 0.273 e.